The molecule has 0 saturated carbocycles. The minimum atomic E-state index is -0.954. The van der Waals surface area contributed by atoms with Crippen molar-refractivity contribution < 1.29 is 15.0 Å². The van der Waals surface area contributed by atoms with Gasteiger partial charge in [-0.3, -0.25) is 0 Å². The third-order valence-electron chi connectivity index (χ3n) is 2.13. The van der Waals surface area contributed by atoms with E-state index in [1.54, 1.807) is 6.92 Å². The second-order valence-electron chi connectivity index (χ2n) is 3.72. The first-order chi connectivity index (χ1) is 5.99. The first-order valence-electron chi connectivity index (χ1n) is 4.37. The Kier molecular flexibility index (Phi) is 2.93. The van der Waals surface area contributed by atoms with Crippen molar-refractivity contribution in [3.8, 4) is 0 Å². The molecule has 1 unspecified atom stereocenters. The summed E-state index contributed by atoms with van der Waals surface area (Å²) in [6.07, 6.45) is 4.30. The second-order valence-corrected chi connectivity index (χ2v) is 3.72. The van der Waals surface area contributed by atoms with Crippen LogP contribution in [0.2, 0.25) is 0 Å². The van der Waals surface area contributed by atoms with Gasteiger partial charge in [0, 0.05) is 25.4 Å². The lowest BCUT2D eigenvalue weighted by Crippen LogP contribution is -2.43. The molecule has 13 heavy (non-hydrogen) atoms. The Balaban J connectivity index is 2.48. The number of likely N-dealkylation sites (tertiary alicyclic amines) is 1. The van der Waals surface area contributed by atoms with Crippen LogP contribution in [0.15, 0.2) is 12.3 Å². The van der Waals surface area contributed by atoms with E-state index in [-0.39, 0.29) is 0 Å². The highest BCUT2D eigenvalue weighted by Crippen LogP contribution is 2.19. The van der Waals surface area contributed by atoms with Gasteiger partial charge in [-0.25, -0.2) is 4.79 Å². The number of aliphatic hydroxyl groups is 1. The number of piperidine rings is 1. The Hall–Kier alpha value is -1.03. The molecule has 0 aromatic heterocycles. The van der Waals surface area contributed by atoms with Gasteiger partial charge in [-0.15, -0.1) is 0 Å². The molecule has 2 N–H and O–H groups in total. The maximum absolute atomic E-state index is 10.2. The van der Waals surface area contributed by atoms with Gasteiger partial charge in [-0.05, 0) is 19.8 Å². The third-order valence-corrected chi connectivity index (χ3v) is 2.13. The van der Waals surface area contributed by atoms with Crippen molar-refractivity contribution in [1.82, 2.24) is 4.90 Å². The van der Waals surface area contributed by atoms with Crippen LogP contribution < -0.4 is 0 Å². The topological polar surface area (TPSA) is 60.8 Å². The molecule has 1 saturated heterocycles. The number of nitrogens with zero attached hydrogens (tertiary/aromatic N) is 1. The second kappa shape index (κ2) is 3.79. The van der Waals surface area contributed by atoms with Gasteiger partial charge in [0.25, 0.3) is 0 Å². The summed E-state index contributed by atoms with van der Waals surface area (Å²) in [5, 5.41) is 18.1. The monoisotopic (exact) mass is 185 g/mol. The number of rotatable bonds is 2. The fourth-order valence-corrected chi connectivity index (χ4v) is 1.56. The summed E-state index contributed by atoms with van der Waals surface area (Å²) in [4.78, 5) is 12.1. The molecule has 1 aliphatic heterocycles. The molecule has 1 rings (SSSR count). The van der Waals surface area contributed by atoms with Crippen molar-refractivity contribution in [2.45, 2.75) is 25.4 Å². The Morgan fingerprint density at radius 2 is 2.31 bits per heavy atom. The van der Waals surface area contributed by atoms with Crippen molar-refractivity contribution in [3.05, 3.63) is 12.3 Å². The summed E-state index contributed by atoms with van der Waals surface area (Å²) in [5.41, 5.74) is -0.679. The number of aliphatic carboxylic acids is 1. The lowest BCUT2D eigenvalue weighted by atomic mass is 9.95. The van der Waals surface area contributed by atoms with E-state index in [2.05, 4.69) is 0 Å². The standard InChI is InChI=1S/C9H15NO3/c1-9(13)4-2-5-10(7-9)6-3-8(11)12/h3,6,13H,2,4-5,7H2,1H3,(H,11,12)/b6-3+. The predicted molar refractivity (Wildman–Crippen MR) is 48.2 cm³/mol. The molecule has 1 aliphatic rings. The smallest absolute Gasteiger partial charge is 0.329 e. The van der Waals surface area contributed by atoms with Crippen LogP contribution in [0.25, 0.3) is 0 Å². The molecule has 74 valence electrons. The molecule has 0 aromatic rings. The van der Waals surface area contributed by atoms with E-state index in [1.165, 1.54) is 6.20 Å². The van der Waals surface area contributed by atoms with Gasteiger partial charge < -0.3 is 15.1 Å². The SMILES string of the molecule is CC1(O)CCCN(/C=C/C(=O)O)C1. The van der Waals surface area contributed by atoms with Gasteiger partial charge in [0.2, 0.25) is 0 Å². The summed E-state index contributed by atoms with van der Waals surface area (Å²) in [6, 6.07) is 0. The normalized spacial score (nSPS) is 29.5. The highest BCUT2D eigenvalue weighted by atomic mass is 16.4. The fourth-order valence-electron chi connectivity index (χ4n) is 1.56. The Labute approximate surface area is 77.5 Å². The number of carbonyl (C=O) groups is 1. The molecular weight excluding hydrogens is 170 g/mol. The van der Waals surface area contributed by atoms with Crippen molar-refractivity contribution in [2.24, 2.45) is 0 Å². The average molecular weight is 185 g/mol. The molecule has 0 amide bonds. The molecule has 0 spiro atoms. The number of hydrogen-bond donors (Lipinski definition) is 2. The zero-order valence-electron chi connectivity index (χ0n) is 7.73. The summed E-state index contributed by atoms with van der Waals surface area (Å²) < 4.78 is 0. The molecule has 1 atom stereocenters. The highest BCUT2D eigenvalue weighted by molar-refractivity contribution is 5.79. The van der Waals surface area contributed by atoms with E-state index in [9.17, 15) is 9.90 Å². The predicted octanol–water partition coefficient (Wildman–Crippen LogP) is 0.432. The van der Waals surface area contributed by atoms with Gasteiger partial charge in [-0.1, -0.05) is 0 Å². The molecule has 1 heterocycles. The first-order valence-corrected chi connectivity index (χ1v) is 4.37. The van der Waals surface area contributed by atoms with Crippen LogP contribution in [-0.2, 0) is 4.79 Å². The molecule has 1 fully saturated rings. The van der Waals surface area contributed by atoms with Crippen LogP contribution in [0, 0.1) is 0 Å². The van der Waals surface area contributed by atoms with Gasteiger partial charge in [0.05, 0.1) is 5.60 Å². The lowest BCUT2D eigenvalue weighted by Gasteiger charge is -2.36. The Morgan fingerprint density at radius 1 is 1.62 bits per heavy atom. The van der Waals surface area contributed by atoms with E-state index in [1.807, 2.05) is 4.90 Å². The molecule has 0 radical (unpaired) electrons. The number of carboxylic acids is 1. The van der Waals surface area contributed by atoms with Gasteiger partial charge in [0.15, 0.2) is 0 Å². The molecular formula is C9H15NO3. The minimum Gasteiger partial charge on any atom is -0.478 e. The van der Waals surface area contributed by atoms with Crippen LogP contribution in [0.3, 0.4) is 0 Å². The van der Waals surface area contributed by atoms with E-state index in [4.69, 9.17) is 5.11 Å². The van der Waals surface area contributed by atoms with Gasteiger partial charge in [0.1, 0.15) is 0 Å². The molecule has 0 bridgehead atoms. The van der Waals surface area contributed by atoms with Gasteiger partial charge in [-0.2, -0.15) is 0 Å². The molecule has 4 nitrogen and oxygen atoms in total. The van der Waals surface area contributed by atoms with Crippen LogP contribution in [0.1, 0.15) is 19.8 Å². The zero-order valence-corrected chi connectivity index (χ0v) is 7.73. The molecule has 0 aromatic carbocycles. The quantitative estimate of drug-likeness (QED) is 0.612. The minimum absolute atomic E-state index is 0.511. The first kappa shape index (κ1) is 10.1. The van der Waals surface area contributed by atoms with Gasteiger partial charge >= 0.3 is 5.97 Å². The van der Waals surface area contributed by atoms with Crippen molar-refractivity contribution in [3.63, 3.8) is 0 Å². The maximum atomic E-state index is 10.2. The average Bonchev–Trinajstić information content (AvgIpc) is 1.99. The van der Waals surface area contributed by atoms with Crippen molar-refractivity contribution >= 4 is 5.97 Å². The number of β-amino-alcohol motifs (C(OH)–C–C–N with tert-alkyl or cyclic N) is 1. The van der Waals surface area contributed by atoms with E-state index < -0.39 is 11.6 Å². The van der Waals surface area contributed by atoms with E-state index >= 15 is 0 Å². The zero-order chi connectivity index (χ0) is 9.90. The fraction of sp³-hybridized carbons (Fsp3) is 0.667. The summed E-state index contributed by atoms with van der Waals surface area (Å²) in [7, 11) is 0. The molecule has 4 heteroatoms. The lowest BCUT2D eigenvalue weighted by molar-refractivity contribution is -0.131. The summed E-state index contributed by atoms with van der Waals surface area (Å²) >= 11 is 0. The van der Waals surface area contributed by atoms with Crippen molar-refractivity contribution in [2.75, 3.05) is 13.1 Å². The van der Waals surface area contributed by atoms with Crippen molar-refractivity contribution in [1.29, 1.82) is 0 Å². The number of hydrogen-bond acceptors (Lipinski definition) is 3. The van der Waals surface area contributed by atoms with Crippen LogP contribution >= 0.6 is 0 Å². The number of carboxylic acid groups (broad SMARTS) is 1. The Morgan fingerprint density at radius 3 is 2.85 bits per heavy atom. The van der Waals surface area contributed by atoms with Crippen LogP contribution in [0.5, 0.6) is 0 Å². The van der Waals surface area contributed by atoms with E-state index in [0.29, 0.717) is 6.54 Å². The molecule has 0 aliphatic carbocycles. The summed E-state index contributed by atoms with van der Waals surface area (Å²) in [5.74, 6) is -0.954. The largest absolute Gasteiger partial charge is 0.478 e. The Bertz CT molecular complexity index is 223. The maximum Gasteiger partial charge on any atom is 0.329 e. The van der Waals surface area contributed by atoms with E-state index in [0.717, 1.165) is 25.5 Å². The highest BCUT2D eigenvalue weighted by Gasteiger charge is 2.26. The third kappa shape index (κ3) is 3.46. The van der Waals surface area contributed by atoms with Crippen LogP contribution in [-0.4, -0.2) is 39.8 Å². The van der Waals surface area contributed by atoms with Crippen LogP contribution in [0.4, 0.5) is 0 Å². The summed E-state index contributed by atoms with van der Waals surface area (Å²) in [6.45, 7) is 3.10.